The molecule has 6 nitrogen and oxygen atoms in total. The third-order valence-corrected chi connectivity index (χ3v) is 3.55. The van der Waals surface area contributed by atoms with Crippen LogP contribution >= 0.6 is 0 Å². The molecule has 0 aliphatic carbocycles. The molecule has 0 radical (unpaired) electrons. The molecule has 2 aromatic carbocycles. The molecule has 2 aromatic rings. The molecule has 1 atom stereocenters. The van der Waals surface area contributed by atoms with E-state index in [0.717, 1.165) is 0 Å². The van der Waals surface area contributed by atoms with E-state index in [0.29, 0.717) is 22.6 Å². The maximum Gasteiger partial charge on any atom is 0.371 e. The lowest BCUT2D eigenvalue weighted by Gasteiger charge is -2.14. The van der Waals surface area contributed by atoms with Crippen LogP contribution < -0.4 is 9.47 Å². The van der Waals surface area contributed by atoms with Crippen molar-refractivity contribution < 1.29 is 29.2 Å². The zero-order chi connectivity index (χ0) is 18.9. The minimum atomic E-state index is -1.13. The van der Waals surface area contributed by atoms with Crippen LogP contribution in [-0.2, 0) is 9.53 Å². The summed E-state index contributed by atoms with van der Waals surface area (Å²) in [6, 6.07) is 14.0. The average Bonchev–Trinajstić information content (AvgIpc) is 2.66. The van der Waals surface area contributed by atoms with Crippen molar-refractivity contribution in [3.8, 4) is 11.5 Å². The minimum Gasteiger partial charge on any atom is -0.497 e. The average molecular weight is 358 g/mol. The number of hydrogen-bond donors (Lipinski definition) is 2. The summed E-state index contributed by atoms with van der Waals surface area (Å²) in [4.78, 5) is 11.1. The summed E-state index contributed by atoms with van der Waals surface area (Å²) in [5.41, 5.74) is 1.31. The highest BCUT2D eigenvalue weighted by molar-refractivity contribution is 5.89. The van der Waals surface area contributed by atoms with Gasteiger partial charge in [-0.15, -0.1) is 0 Å². The standard InChI is InChI=1S/C20H22O6/c1-3-25-19(20(22)23)11-14-6-4-9-17(10-14)26-13-18(21)15-7-5-8-16(12-15)24-2/h4-12,18,21H,3,13H2,1-2H3,(H,22,23)/b19-11-. The van der Waals surface area contributed by atoms with Crippen molar-refractivity contribution in [1.82, 2.24) is 0 Å². The molecule has 0 fully saturated rings. The van der Waals surface area contributed by atoms with Gasteiger partial charge in [-0.1, -0.05) is 24.3 Å². The Labute approximate surface area is 152 Å². The summed E-state index contributed by atoms with van der Waals surface area (Å²) in [5.74, 6) is -0.0968. The molecule has 138 valence electrons. The van der Waals surface area contributed by atoms with Crippen molar-refractivity contribution in [2.45, 2.75) is 13.0 Å². The van der Waals surface area contributed by atoms with Gasteiger partial charge in [-0.2, -0.15) is 0 Å². The highest BCUT2D eigenvalue weighted by Gasteiger charge is 2.11. The molecule has 1 unspecified atom stereocenters. The van der Waals surface area contributed by atoms with Gasteiger partial charge in [0.1, 0.15) is 24.2 Å². The summed E-state index contributed by atoms with van der Waals surface area (Å²) in [7, 11) is 1.56. The molecular formula is C20H22O6. The first-order valence-electron chi connectivity index (χ1n) is 8.16. The molecule has 0 aliphatic heterocycles. The van der Waals surface area contributed by atoms with Crippen LogP contribution in [0.5, 0.6) is 11.5 Å². The number of methoxy groups -OCH3 is 1. The van der Waals surface area contributed by atoms with Gasteiger partial charge in [0.15, 0.2) is 0 Å². The smallest absolute Gasteiger partial charge is 0.371 e. The Morgan fingerprint density at radius 2 is 1.88 bits per heavy atom. The Kier molecular flexibility index (Phi) is 7.05. The van der Waals surface area contributed by atoms with Crippen LogP contribution in [0.3, 0.4) is 0 Å². The first kappa shape index (κ1) is 19.3. The molecule has 0 amide bonds. The second-order valence-electron chi connectivity index (χ2n) is 5.42. The van der Waals surface area contributed by atoms with Gasteiger partial charge >= 0.3 is 5.97 Å². The number of ether oxygens (including phenoxy) is 3. The fourth-order valence-corrected chi connectivity index (χ4v) is 2.29. The molecule has 0 aliphatic rings. The van der Waals surface area contributed by atoms with Crippen molar-refractivity contribution >= 4 is 12.0 Å². The predicted molar refractivity (Wildman–Crippen MR) is 97.1 cm³/mol. The summed E-state index contributed by atoms with van der Waals surface area (Å²) >= 11 is 0. The van der Waals surface area contributed by atoms with Gasteiger partial charge in [0.2, 0.25) is 5.76 Å². The van der Waals surface area contributed by atoms with Crippen molar-refractivity contribution in [1.29, 1.82) is 0 Å². The number of aliphatic hydroxyl groups is 1. The number of carboxylic acids is 1. The minimum absolute atomic E-state index is 0.0532. The van der Waals surface area contributed by atoms with Gasteiger partial charge in [0.05, 0.1) is 13.7 Å². The van der Waals surface area contributed by atoms with Crippen LogP contribution in [0.4, 0.5) is 0 Å². The summed E-state index contributed by atoms with van der Waals surface area (Å²) < 4.78 is 15.9. The largest absolute Gasteiger partial charge is 0.497 e. The van der Waals surface area contributed by atoms with Gasteiger partial charge in [-0.3, -0.25) is 0 Å². The zero-order valence-electron chi connectivity index (χ0n) is 14.7. The van der Waals surface area contributed by atoms with Gasteiger partial charge < -0.3 is 24.4 Å². The van der Waals surface area contributed by atoms with Crippen molar-refractivity contribution in [2.75, 3.05) is 20.3 Å². The molecule has 0 saturated carbocycles. The molecule has 2 N–H and O–H groups in total. The Balaban J connectivity index is 2.06. The zero-order valence-corrected chi connectivity index (χ0v) is 14.7. The molecule has 0 heterocycles. The number of benzene rings is 2. The van der Waals surface area contributed by atoms with Crippen LogP contribution in [0.1, 0.15) is 24.2 Å². The molecule has 0 saturated heterocycles. The predicted octanol–water partition coefficient (Wildman–Crippen LogP) is 3.27. The van der Waals surface area contributed by atoms with E-state index in [2.05, 4.69) is 0 Å². The Morgan fingerprint density at radius 1 is 1.15 bits per heavy atom. The second kappa shape index (κ2) is 9.48. The van der Waals surface area contributed by atoms with Crippen molar-refractivity contribution in [3.05, 3.63) is 65.4 Å². The number of carboxylic acid groups (broad SMARTS) is 1. The molecular weight excluding hydrogens is 336 g/mol. The third-order valence-electron chi connectivity index (χ3n) is 3.55. The van der Waals surface area contributed by atoms with Crippen LogP contribution in [0.25, 0.3) is 6.08 Å². The van der Waals surface area contributed by atoms with E-state index in [1.54, 1.807) is 62.6 Å². The van der Waals surface area contributed by atoms with Crippen LogP contribution in [-0.4, -0.2) is 36.5 Å². The molecule has 6 heteroatoms. The maximum absolute atomic E-state index is 11.1. The first-order valence-corrected chi connectivity index (χ1v) is 8.16. The molecule has 26 heavy (non-hydrogen) atoms. The maximum atomic E-state index is 11.1. The lowest BCUT2D eigenvalue weighted by atomic mass is 10.1. The fourth-order valence-electron chi connectivity index (χ4n) is 2.29. The van der Waals surface area contributed by atoms with Crippen molar-refractivity contribution in [3.63, 3.8) is 0 Å². The quantitative estimate of drug-likeness (QED) is 0.529. The SMILES string of the molecule is CCO/C(=C\c1cccc(OCC(O)c2cccc(OC)c2)c1)C(=O)O. The summed E-state index contributed by atoms with van der Waals surface area (Å²) in [6.07, 6.45) is 0.610. The second-order valence-corrected chi connectivity index (χ2v) is 5.42. The topological polar surface area (TPSA) is 85.2 Å². The fraction of sp³-hybridized carbons (Fsp3) is 0.250. The molecule has 0 aromatic heterocycles. The Morgan fingerprint density at radius 3 is 2.58 bits per heavy atom. The van der Waals surface area contributed by atoms with E-state index >= 15 is 0 Å². The highest BCUT2D eigenvalue weighted by Crippen LogP contribution is 2.22. The van der Waals surface area contributed by atoms with Gasteiger partial charge in [-0.05, 0) is 48.4 Å². The van der Waals surface area contributed by atoms with E-state index in [1.165, 1.54) is 6.08 Å². The molecule has 0 spiro atoms. The number of hydrogen-bond acceptors (Lipinski definition) is 5. The lowest BCUT2D eigenvalue weighted by Crippen LogP contribution is -2.10. The van der Waals surface area contributed by atoms with Crippen LogP contribution in [0.15, 0.2) is 54.3 Å². The van der Waals surface area contributed by atoms with E-state index in [4.69, 9.17) is 19.3 Å². The summed E-state index contributed by atoms with van der Waals surface area (Å²) in [5, 5.41) is 19.4. The Hall–Kier alpha value is -2.99. The van der Waals surface area contributed by atoms with E-state index < -0.39 is 12.1 Å². The number of carbonyl (C=O) groups is 1. The van der Waals surface area contributed by atoms with Gasteiger partial charge in [-0.25, -0.2) is 4.79 Å². The van der Waals surface area contributed by atoms with Crippen LogP contribution in [0.2, 0.25) is 0 Å². The van der Waals surface area contributed by atoms with E-state index in [-0.39, 0.29) is 19.0 Å². The van der Waals surface area contributed by atoms with E-state index in [9.17, 15) is 9.90 Å². The van der Waals surface area contributed by atoms with Crippen molar-refractivity contribution in [2.24, 2.45) is 0 Å². The molecule has 0 bridgehead atoms. The third kappa shape index (κ3) is 5.53. The van der Waals surface area contributed by atoms with Gasteiger partial charge in [0, 0.05) is 0 Å². The summed E-state index contributed by atoms with van der Waals surface area (Å²) in [6.45, 7) is 2.04. The van der Waals surface area contributed by atoms with Gasteiger partial charge in [0.25, 0.3) is 0 Å². The van der Waals surface area contributed by atoms with Crippen LogP contribution in [0, 0.1) is 0 Å². The highest BCUT2D eigenvalue weighted by atomic mass is 16.5. The normalized spacial score (nSPS) is 12.3. The number of aliphatic hydroxyl groups excluding tert-OH is 1. The Bertz CT molecular complexity index is 768. The molecule has 2 rings (SSSR count). The first-order chi connectivity index (χ1) is 12.5. The number of aliphatic carboxylic acids is 1. The number of rotatable bonds is 9. The lowest BCUT2D eigenvalue weighted by molar-refractivity contribution is -0.136. The van der Waals surface area contributed by atoms with E-state index in [1.807, 2.05) is 0 Å². The monoisotopic (exact) mass is 358 g/mol.